The maximum Gasteiger partial charge on any atom is 0.282 e. The molecule has 1 unspecified atom stereocenters. The summed E-state index contributed by atoms with van der Waals surface area (Å²) >= 11 is 0. The molecular weight excluding hydrogens is 226 g/mol. The van der Waals surface area contributed by atoms with Crippen molar-refractivity contribution in [1.82, 2.24) is 8.61 Å². The minimum Gasteiger partial charge on any atom is -0.329 e. The third kappa shape index (κ3) is 2.94. The van der Waals surface area contributed by atoms with Gasteiger partial charge in [0.05, 0.1) is 0 Å². The molecule has 1 atom stereocenters. The predicted molar refractivity (Wildman–Crippen MR) is 65.2 cm³/mol. The van der Waals surface area contributed by atoms with E-state index in [1.807, 2.05) is 6.92 Å². The Kier molecular flexibility index (Phi) is 4.73. The molecule has 1 aliphatic rings. The van der Waals surface area contributed by atoms with E-state index in [0.717, 1.165) is 12.8 Å². The molecule has 0 amide bonds. The molecule has 0 aromatic carbocycles. The molecule has 0 radical (unpaired) electrons. The van der Waals surface area contributed by atoms with E-state index in [9.17, 15) is 8.42 Å². The Hall–Kier alpha value is -0.170. The van der Waals surface area contributed by atoms with Gasteiger partial charge in [-0.15, -0.1) is 0 Å². The summed E-state index contributed by atoms with van der Waals surface area (Å²) in [5.41, 5.74) is 5.50. The van der Waals surface area contributed by atoms with E-state index in [1.54, 1.807) is 11.4 Å². The third-order valence-corrected chi connectivity index (χ3v) is 5.50. The van der Waals surface area contributed by atoms with Gasteiger partial charge in [-0.1, -0.05) is 6.92 Å². The summed E-state index contributed by atoms with van der Waals surface area (Å²) in [6.07, 6.45) is 1.90. The van der Waals surface area contributed by atoms with Crippen molar-refractivity contribution in [2.45, 2.75) is 32.7 Å². The number of hydrogen-bond donors (Lipinski definition) is 1. The van der Waals surface area contributed by atoms with E-state index in [-0.39, 0.29) is 6.04 Å². The number of piperidine rings is 1. The summed E-state index contributed by atoms with van der Waals surface area (Å²) in [6, 6.07) is -0.149. The molecule has 1 rings (SSSR count). The standard InChI is InChI=1S/C10H23N3O2S/c1-9-4-6-13(7-5-9)16(14,15)12(3)10(2)8-11/h9-10H,4-8,11H2,1-3H3. The lowest BCUT2D eigenvalue weighted by atomic mass is 10.0. The van der Waals surface area contributed by atoms with Gasteiger partial charge in [0.15, 0.2) is 0 Å². The van der Waals surface area contributed by atoms with Crippen molar-refractivity contribution in [2.24, 2.45) is 11.7 Å². The van der Waals surface area contributed by atoms with E-state index >= 15 is 0 Å². The summed E-state index contributed by atoms with van der Waals surface area (Å²) in [5.74, 6) is 0.628. The second kappa shape index (κ2) is 5.44. The van der Waals surface area contributed by atoms with Gasteiger partial charge in [0.1, 0.15) is 0 Å². The summed E-state index contributed by atoms with van der Waals surface area (Å²) in [4.78, 5) is 0. The van der Waals surface area contributed by atoms with Crippen LogP contribution in [-0.2, 0) is 10.2 Å². The Morgan fingerprint density at radius 3 is 2.38 bits per heavy atom. The molecule has 0 aromatic rings. The Morgan fingerprint density at radius 1 is 1.44 bits per heavy atom. The molecule has 1 heterocycles. The fraction of sp³-hybridized carbons (Fsp3) is 1.00. The van der Waals surface area contributed by atoms with Crippen LogP contribution in [0.25, 0.3) is 0 Å². The molecule has 16 heavy (non-hydrogen) atoms. The molecule has 1 aliphatic heterocycles. The summed E-state index contributed by atoms with van der Waals surface area (Å²) in [6.45, 7) is 5.59. The minimum absolute atomic E-state index is 0.149. The number of nitrogens with two attached hydrogens (primary N) is 1. The highest BCUT2D eigenvalue weighted by Crippen LogP contribution is 2.20. The average Bonchev–Trinajstić information content (AvgIpc) is 2.27. The quantitative estimate of drug-likeness (QED) is 0.776. The first-order valence-electron chi connectivity index (χ1n) is 5.82. The van der Waals surface area contributed by atoms with Crippen LogP contribution in [0.1, 0.15) is 26.7 Å². The molecule has 2 N–H and O–H groups in total. The molecule has 6 heteroatoms. The van der Waals surface area contributed by atoms with Gasteiger partial charge >= 0.3 is 0 Å². The summed E-state index contributed by atoms with van der Waals surface area (Å²) in [7, 11) is -1.71. The van der Waals surface area contributed by atoms with Crippen LogP contribution < -0.4 is 5.73 Å². The Morgan fingerprint density at radius 2 is 1.94 bits per heavy atom. The molecule has 5 nitrogen and oxygen atoms in total. The molecule has 0 saturated carbocycles. The Balaban J connectivity index is 2.70. The first-order valence-corrected chi connectivity index (χ1v) is 7.22. The van der Waals surface area contributed by atoms with Crippen LogP contribution in [0.5, 0.6) is 0 Å². The van der Waals surface area contributed by atoms with Crippen LogP contribution in [0.3, 0.4) is 0 Å². The van der Waals surface area contributed by atoms with Crippen molar-refractivity contribution in [2.75, 3.05) is 26.7 Å². The van der Waals surface area contributed by atoms with Crippen LogP contribution in [0.15, 0.2) is 0 Å². The minimum atomic E-state index is -3.31. The lowest BCUT2D eigenvalue weighted by Gasteiger charge is -2.34. The van der Waals surface area contributed by atoms with Crippen molar-refractivity contribution in [3.05, 3.63) is 0 Å². The van der Waals surface area contributed by atoms with Crippen molar-refractivity contribution < 1.29 is 8.42 Å². The monoisotopic (exact) mass is 249 g/mol. The first-order chi connectivity index (χ1) is 7.39. The van der Waals surface area contributed by atoms with Gasteiger partial charge in [0, 0.05) is 32.7 Å². The van der Waals surface area contributed by atoms with Gasteiger partial charge in [-0.05, 0) is 25.7 Å². The van der Waals surface area contributed by atoms with Gasteiger partial charge in [0.25, 0.3) is 10.2 Å². The zero-order chi connectivity index (χ0) is 12.3. The van der Waals surface area contributed by atoms with Crippen molar-refractivity contribution in [3.63, 3.8) is 0 Å². The molecular formula is C10H23N3O2S. The van der Waals surface area contributed by atoms with Crippen LogP contribution >= 0.6 is 0 Å². The van der Waals surface area contributed by atoms with Crippen molar-refractivity contribution in [1.29, 1.82) is 0 Å². The van der Waals surface area contributed by atoms with E-state index in [1.165, 1.54) is 4.31 Å². The molecule has 1 saturated heterocycles. The molecule has 0 spiro atoms. The molecule has 1 fully saturated rings. The number of nitrogens with zero attached hydrogens (tertiary/aromatic N) is 2. The Bertz CT molecular complexity index is 310. The molecule has 0 aromatic heterocycles. The average molecular weight is 249 g/mol. The number of likely N-dealkylation sites (N-methyl/N-ethyl adjacent to an activating group) is 1. The smallest absolute Gasteiger partial charge is 0.282 e. The SMILES string of the molecule is CC1CCN(S(=O)(=O)N(C)C(C)CN)CC1. The highest BCUT2D eigenvalue weighted by atomic mass is 32.2. The van der Waals surface area contributed by atoms with Crippen LogP contribution in [0.4, 0.5) is 0 Å². The van der Waals surface area contributed by atoms with Crippen molar-refractivity contribution in [3.8, 4) is 0 Å². The highest BCUT2D eigenvalue weighted by molar-refractivity contribution is 7.86. The lowest BCUT2D eigenvalue weighted by Crippen LogP contribution is -2.49. The topological polar surface area (TPSA) is 66.6 Å². The molecule has 0 bridgehead atoms. The lowest BCUT2D eigenvalue weighted by molar-refractivity contribution is 0.261. The van der Waals surface area contributed by atoms with E-state index < -0.39 is 10.2 Å². The van der Waals surface area contributed by atoms with Gasteiger partial charge in [-0.25, -0.2) is 0 Å². The zero-order valence-corrected chi connectivity index (χ0v) is 11.2. The van der Waals surface area contributed by atoms with Crippen molar-refractivity contribution >= 4 is 10.2 Å². The molecule has 96 valence electrons. The predicted octanol–water partition coefficient (Wildman–Crippen LogP) is 0.242. The fourth-order valence-corrected chi connectivity index (χ4v) is 3.35. The summed E-state index contributed by atoms with van der Waals surface area (Å²) < 4.78 is 27.3. The highest BCUT2D eigenvalue weighted by Gasteiger charge is 2.31. The van der Waals surface area contributed by atoms with Crippen LogP contribution in [-0.4, -0.2) is 49.8 Å². The van der Waals surface area contributed by atoms with Gasteiger partial charge < -0.3 is 5.73 Å². The van der Waals surface area contributed by atoms with Gasteiger partial charge in [0.2, 0.25) is 0 Å². The fourth-order valence-electron chi connectivity index (χ4n) is 1.77. The largest absolute Gasteiger partial charge is 0.329 e. The second-order valence-corrected chi connectivity index (χ2v) is 6.68. The van der Waals surface area contributed by atoms with E-state index in [0.29, 0.717) is 25.6 Å². The summed E-state index contributed by atoms with van der Waals surface area (Å²) in [5, 5.41) is 0. The maximum atomic E-state index is 12.2. The zero-order valence-electron chi connectivity index (χ0n) is 10.4. The van der Waals surface area contributed by atoms with Gasteiger partial charge in [-0.2, -0.15) is 17.0 Å². The molecule has 0 aliphatic carbocycles. The van der Waals surface area contributed by atoms with E-state index in [2.05, 4.69) is 6.92 Å². The van der Waals surface area contributed by atoms with Crippen LogP contribution in [0, 0.1) is 5.92 Å². The third-order valence-electron chi connectivity index (χ3n) is 3.39. The van der Waals surface area contributed by atoms with Crippen LogP contribution in [0.2, 0.25) is 0 Å². The second-order valence-electron chi connectivity index (χ2n) is 4.69. The first kappa shape index (κ1) is 13.9. The number of rotatable bonds is 4. The maximum absolute atomic E-state index is 12.2. The van der Waals surface area contributed by atoms with E-state index in [4.69, 9.17) is 5.73 Å². The Labute approximate surface area is 98.8 Å². The van der Waals surface area contributed by atoms with Gasteiger partial charge in [-0.3, -0.25) is 0 Å². The normalized spacial score (nSPS) is 22.6. The number of hydrogen-bond acceptors (Lipinski definition) is 3.